The number of nitrogens with one attached hydrogen (secondary N) is 4. The van der Waals surface area contributed by atoms with E-state index >= 15 is 0 Å². The number of rotatable bonds is 24. The lowest BCUT2D eigenvalue weighted by Crippen LogP contribution is -2.27. The van der Waals surface area contributed by atoms with Crippen molar-refractivity contribution < 1.29 is 38.4 Å². The molecule has 47 heavy (non-hydrogen) atoms. The van der Waals surface area contributed by atoms with Crippen molar-refractivity contribution in [3.8, 4) is 5.75 Å². The lowest BCUT2D eigenvalue weighted by molar-refractivity contribution is -0.122. The minimum absolute atomic E-state index is 0.0454. The first-order valence-electron chi connectivity index (χ1n) is 15.3. The Hall–Kier alpha value is -4.70. The number of hydrogen-bond acceptors (Lipinski definition) is 14. The quantitative estimate of drug-likeness (QED) is 0.0698. The van der Waals surface area contributed by atoms with Crippen molar-refractivity contribution in [3.63, 3.8) is 0 Å². The molecule has 0 saturated carbocycles. The number of amides is 1. The summed E-state index contributed by atoms with van der Waals surface area (Å²) in [6.45, 7) is 6.55. The number of carbonyl (C=O) groups excluding carboxylic acids is 3. The lowest BCUT2D eigenvalue weighted by atomic mass is 10.2. The maximum atomic E-state index is 12.5. The Labute approximate surface area is 273 Å². The summed E-state index contributed by atoms with van der Waals surface area (Å²) in [5, 5.41) is 21.8. The van der Waals surface area contributed by atoms with Crippen molar-refractivity contribution in [2.75, 3.05) is 81.9 Å². The van der Waals surface area contributed by atoms with Crippen LogP contribution in [0.1, 0.15) is 37.0 Å². The fourth-order valence-electron chi connectivity index (χ4n) is 3.83. The molecule has 15 nitrogen and oxygen atoms in total. The zero-order valence-corrected chi connectivity index (χ0v) is 26.8. The molecule has 0 bridgehead atoms. The number of benzene rings is 2. The summed E-state index contributed by atoms with van der Waals surface area (Å²) in [6.07, 6.45) is 1.21. The molecule has 0 saturated heterocycles. The van der Waals surface area contributed by atoms with E-state index in [1.165, 1.54) is 6.92 Å². The van der Waals surface area contributed by atoms with Gasteiger partial charge in [0.2, 0.25) is 17.8 Å². The molecule has 0 aliphatic carbocycles. The number of phenols is 1. The van der Waals surface area contributed by atoms with Crippen LogP contribution in [-0.4, -0.2) is 103 Å². The van der Waals surface area contributed by atoms with Crippen LogP contribution in [0.2, 0.25) is 0 Å². The zero-order chi connectivity index (χ0) is 33.7. The van der Waals surface area contributed by atoms with E-state index in [0.29, 0.717) is 95.1 Å². The van der Waals surface area contributed by atoms with Gasteiger partial charge in [-0.05, 0) is 68.8 Å². The molecule has 0 unspecified atom stereocenters. The predicted molar refractivity (Wildman–Crippen MR) is 176 cm³/mol. The molecule has 0 aliphatic rings. The second-order valence-corrected chi connectivity index (χ2v) is 10.3. The average molecular weight is 654 g/mol. The van der Waals surface area contributed by atoms with Crippen molar-refractivity contribution in [1.29, 1.82) is 0 Å². The standard InChI is InChI=1S/C32H43N7O8/c1-23(40)4-3-15-44-18-19-46-17-14-34-30-37-31(39-32(38-30)36-27-9-11-28(42)12-10-27)35-26-7-5-25(6-8-26)29(43)33-13-16-45-20-21-47-22-24(2)41/h5-12,42H,3-4,13-22H2,1-2H3,(H,33,43)(H3,34,35,36,37,38,39). The molecule has 5 N–H and O–H groups in total. The highest BCUT2D eigenvalue weighted by Crippen LogP contribution is 2.20. The van der Waals surface area contributed by atoms with Gasteiger partial charge in [-0.3, -0.25) is 9.59 Å². The van der Waals surface area contributed by atoms with E-state index in [1.807, 2.05) is 0 Å². The third kappa shape index (κ3) is 15.9. The van der Waals surface area contributed by atoms with Gasteiger partial charge in [-0.2, -0.15) is 15.0 Å². The Kier molecular flexibility index (Phi) is 16.6. The molecule has 3 aromatic rings. The SMILES string of the molecule is CC(=O)CCCOCCOCCNc1nc(Nc2ccc(O)cc2)nc(Nc2ccc(C(=O)NCCOCCOCC(C)=O)cc2)n1. The lowest BCUT2D eigenvalue weighted by Gasteiger charge is -2.12. The third-order valence-electron chi connectivity index (χ3n) is 6.09. The van der Waals surface area contributed by atoms with Crippen LogP contribution in [0.4, 0.5) is 29.2 Å². The number of ether oxygens (including phenoxy) is 4. The predicted octanol–water partition coefficient (Wildman–Crippen LogP) is 3.23. The highest BCUT2D eigenvalue weighted by atomic mass is 16.5. The van der Waals surface area contributed by atoms with Gasteiger partial charge < -0.3 is 50.1 Å². The molecule has 3 rings (SSSR count). The normalized spacial score (nSPS) is 10.8. The minimum Gasteiger partial charge on any atom is -0.508 e. The molecule has 0 atom stereocenters. The van der Waals surface area contributed by atoms with Crippen LogP contribution in [0, 0.1) is 0 Å². The second kappa shape index (κ2) is 21.2. The number of Topliss-reactive ketones (excluding diaryl/α,β-unsaturated/α-hetero) is 2. The van der Waals surface area contributed by atoms with Gasteiger partial charge in [-0.15, -0.1) is 0 Å². The van der Waals surface area contributed by atoms with Gasteiger partial charge in [0, 0.05) is 43.1 Å². The number of ketones is 2. The summed E-state index contributed by atoms with van der Waals surface area (Å²) in [6, 6.07) is 13.3. The molecule has 2 aromatic carbocycles. The van der Waals surface area contributed by atoms with E-state index in [2.05, 4.69) is 36.2 Å². The van der Waals surface area contributed by atoms with E-state index in [4.69, 9.17) is 18.9 Å². The molecule has 1 heterocycles. The van der Waals surface area contributed by atoms with Crippen LogP contribution >= 0.6 is 0 Å². The Bertz CT molecular complexity index is 1390. The fraction of sp³-hybridized carbons (Fsp3) is 0.438. The number of phenolic OH excluding ortho intramolecular Hbond substituents is 1. The first-order chi connectivity index (χ1) is 22.8. The average Bonchev–Trinajstić information content (AvgIpc) is 3.04. The summed E-state index contributed by atoms with van der Waals surface area (Å²) in [5.41, 5.74) is 1.78. The summed E-state index contributed by atoms with van der Waals surface area (Å²) < 4.78 is 21.6. The van der Waals surface area contributed by atoms with Gasteiger partial charge >= 0.3 is 0 Å². The molecule has 0 radical (unpaired) electrons. The fourth-order valence-corrected chi connectivity index (χ4v) is 3.83. The highest BCUT2D eigenvalue weighted by Gasteiger charge is 2.10. The maximum absolute atomic E-state index is 12.5. The Morgan fingerprint density at radius 3 is 1.77 bits per heavy atom. The Morgan fingerprint density at radius 2 is 1.17 bits per heavy atom. The second-order valence-electron chi connectivity index (χ2n) is 10.3. The number of aromatic nitrogens is 3. The van der Waals surface area contributed by atoms with Crippen LogP contribution in [-0.2, 0) is 28.5 Å². The topological polar surface area (TPSA) is 195 Å². The molecule has 0 fully saturated rings. The Balaban J connectivity index is 1.50. The molecule has 1 aromatic heterocycles. The van der Waals surface area contributed by atoms with E-state index in [-0.39, 0.29) is 41.7 Å². The van der Waals surface area contributed by atoms with E-state index < -0.39 is 0 Å². The molecule has 1 amide bonds. The van der Waals surface area contributed by atoms with Crippen LogP contribution in [0.25, 0.3) is 0 Å². The van der Waals surface area contributed by atoms with Gasteiger partial charge in [-0.25, -0.2) is 0 Å². The smallest absolute Gasteiger partial charge is 0.251 e. The van der Waals surface area contributed by atoms with Crippen LogP contribution in [0.5, 0.6) is 5.75 Å². The summed E-state index contributed by atoms with van der Waals surface area (Å²) in [5.74, 6) is 0.811. The zero-order valence-electron chi connectivity index (χ0n) is 26.8. The number of nitrogens with zero attached hydrogens (tertiary/aromatic N) is 3. The van der Waals surface area contributed by atoms with Crippen molar-refractivity contribution in [1.82, 2.24) is 20.3 Å². The van der Waals surface area contributed by atoms with Crippen LogP contribution < -0.4 is 21.3 Å². The molecule has 0 spiro atoms. The van der Waals surface area contributed by atoms with Crippen molar-refractivity contribution in [2.45, 2.75) is 26.7 Å². The van der Waals surface area contributed by atoms with Crippen molar-refractivity contribution in [3.05, 3.63) is 54.1 Å². The minimum atomic E-state index is -0.248. The van der Waals surface area contributed by atoms with Crippen molar-refractivity contribution >= 4 is 46.7 Å². The third-order valence-corrected chi connectivity index (χ3v) is 6.09. The molecule has 0 aliphatic heterocycles. The van der Waals surface area contributed by atoms with Gasteiger partial charge in [-0.1, -0.05) is 0 Å². The van der Waals surface area contributed by atoms with Gasteiger partial charge in [0.15, 0.2) is 5.78 Å². The summed E-state index contributed by atoms with van der Waals surface area (Å²) in [7, 11) is 0. The van der Waals surface area contributed by atoms with E-state index in [0.717, 1.165) is 0 Å². The van der Waals surface area contributed by atoms with Crippen LogP contribution in [0.15, 0.2) is 48.5 Å². The van der Waals surface area contributed by atoms with Gasteiger partial charge in [0.1, 0.15) is 18.1 Å². The first kappa shape index (κ1) is 36.8. The molecule has 254 valence electrons. The monoisotopic (exact) mass is 653 g/mol. The first-order valence-corrected chi connectivity index (χ1v) is 15.3. The Morgan fingerprint density at radius 1 is 0.638 bits per heavy atom. The van der Waals surface area contributed by atoms with E-state index in [9.17, 15) is 19.5 Å². The largest absolute Gasteiger partial charge is 0.508 e. The summed E-state index contributed by atoms with van der Waals surface area (Å²) in [4.78, 5) is 47.7. The maximum Gasteiger partial charge on any atom is 0.251 e. The molecular formula is C32H43N7O8. The number of anilines is 5. The number of hydrogen-bond donors (Lipinski definition) is 5. The van der Waals surface area contributed by atoms with E-state index in [1.54, 1.807) is 55.5 Å². The summed E-state index contributed by atoms with van der Waals surface area (Å²) >= 11 is 0. The number of carbonyl (C=O) groups is 3. The highest BCUT2D eigenvalue weighted by molar-refractivity contribution is 5.94. The van der Waals surface area contributed by atoms with Crippen molar-refractivity contribution in [2.24, 2.45) is 0 Å². The molecule has 15 heteroatoms. The van der Waals surface area contributed by atoms with Gasteiger partial charge in [0.25, 0.3) is 5.91 Å². The number of aromatic hydroxyl groups is 1. The van der Waals surface area contributed by atoms with Gasteiger partial charge in [0.05, 0.1) is 39.6 Å². The van der Waals surface area contributed by atoms with Crippen LogP contribution in [0.3, 0.4) is 0 Å². The molecular weight excluding hydrogens is 610 g/mol.